The van der Waals surface area contributed by atoms with Crippen molar-refractivity contribution in [2.24, 2.45) is 7.05 Å². The molecule has 122 valence electrons. The predicted molar refractivity (Wildman–Crippen MR) is 95.3 cm³/mol. The standard InChI is InChI=1S/C20H20N2O2/c1-15-19(12-13-22(15)2)20(23)21-17-8-10-18(11-9-17)24-14-16-6-4-3-5-7-16/h3-13H,14H2,1-2H3,(H,21,23). The Morgan fingerprint density at radius 2 is 1.75 bits per heavy atom. The summed E-state index contributed by atoms with van der Waals surface area (Å²) in [4.78, 5) is 12.3. The van der Waals surface area contributed by atoms with Crippen LogP contribution < -0.4 is 10.1 Å². The van der Waals surface area contributed by atoms with Crippen molar-refractivity contribution in [3.8, 4) is 5.75 Å². The van der Waals surface area contributed by atoms with Gasteiger partial charge in [0.05, 0.1) is 5.56 Å². The number of nitrogens with zero attached hydrogens (tertiary/aromatic N) is 1. The molecule has 4 heteroatoms. The highest BCUT2D eigenvalue weighted by Crippen LogP contribution is 2.18. The van der Waals surface area contributed by atoms with Crippen LogP contribution in [0, 0.1) is 6.92 Å². The highest BCUT2D eigenvalue weighted by atomic mass is 16.5. The van der Waals surface area contributed by atoms with Crippen molar-refractivity contribution >= 4 is 11.6 Å². The summed E-state index contributed by atoms with van der Waals surface area (Å²) in [6.45, 7) is 2.45. The minimum atomic E-state index is -0.106. The molecule has 0 radical (unpaired) electrons. The molecule has 0 spiro atoms. The summed E-state index contributed by atoms with van der Waals surface area (Å²) in [5, 5.41) is 2.91. The number of carbonyl (C=O) groups is 1. The normalized spacial score (nSPS) is 10.4. The van der Waals surface area contributed by atoms with Gasteiger partial charge in [-0.3, -0.25) is 4.79 Å². The fraction of sp³-hybridized carbons (Fsp3) is 0.150. The van der Waals surface area contributed by atoms with Gasteiger partial charge in [-0.2, -0.15) is 0 Å². The smallest absolute Gasteiger partial charge is 0.257 e. The summed E-state index contributed by atoms with van der Waals surface area (Å²) in [5.74, 6) is 0.666. The number of hydrogen-bond donors (Lipinski definition) is 1. The number of hydrogen-bond acceptors (Lipinski definition) is 2. The van der Waals surface area contributed by atoms with Gasteiger partial charge in [0.2, 0.25) is 0 Å². The number of aromatic nitrogens is 1. The number of anilines is 1. The van der Waals surface area contributed by atoms with Crippen molar-refractivity contribution in [1.29, 1.82) is 0 Å². The van der Waals surface area contributed by atoms with Crippen molar-refractivity contribution < 1.29 is 9.53 Å². The van der Waals surface area contributed by atoms with Crippen LogP contribution in [0.3, 0.4) is 0 Å². The van der Waals surface area contributed by atoms with E-state index in [1.165, 1.54) is 0 Å². The molecule has 0 aliphatic rings. The lowest BCUT2D eigenvalue weighted by molar-refractivity contribution is 0.102. The summed E-state index contributed by atoms with van der Waals surface area (Å²) in [7, 11) is 1.92. The molecule has 0 aliphatic heterocycles. The van der Waals surface area contributed by atoms with Gasteiger partial charge in [-0.25, -0.2) is 0 Å². The number of aryl methyl sites for hydroxylation is 1. The molecule has 0 bridgehead atoms. The number of nitrogens with one attached hydrogen (secondary N) is 1. The molecule has 0 unspecified atom stereocenters. The third-order valence-corrected chi connectivity index (χ3v) is 3.99. The van der Waals surface area contributed by atoms with E-state index in [9.17, 15) is 4.79 Å². The summed E-state index contributed by atoms with van der Waals surface area (Å²) < 4.78 is 7.67. The van der Waals surface area contributed by atoms with Crippen LogP contribution in [0.1, 0.15) is 21.6 Å². The molecule has 0 saturated heterocycles. The first-order valence-electron chi connectivity index (χ1n) is 7.83. The summed E-state index contributed by atoms with van der Waals surface area (Å²) in [6.07, 6.45) is 1.88. The van der Waals surface area contributed by atoms with Crippen LogP contribution in [0.4, 0.5) is 5.69 Å². The molecule has 24 heavy (non-hydrogen) atoms. The van der Waals surface area contributed by atoms with Crippen molar-refractivity contribution in [2.45, 2.75) is 13.5 Å². The first kappa shape index (κ1) is 15.9. The predicted octanol–water partition coefficient (Wildman–Crippen LogP) is 4.16. The van der Waals surface area contributed by atoms with E-state index >= 15 is 0 Å². The zero-order valence-electron chi connectivity index (χ0n) is 13.8. The fourth-order valence-electron chi connectivity index (χ4n) is 2.42. The topological polar surface area (TPSA) is 43.3 Å². The Labute approximate surface area is 141 Å². The lowest BCUT2D eigenvalue weighted by atomic mass is 10.2. The van der Waals surface area contributed by atoms with Crippen molar-refractivity contribution in [3.63, 3.8) is 0 Å². The van der Waals surface area contributed by atoms with E-state index in [1.807, 2.05) is 85.4 Å². The van der Waals surface area contributed by atoms with E-state index in [-0.39, 0.29) is 5.91 Å². The second kappa shape index (κ2) is 7.04. The van der Waals surface area contributed by atoms with Gasteiger partial charge in [0.1, 0.15) is 12.4 Å². The van der Waals surface area contributed by atoms with Gasteiger partial charge < -0.3 is 14.6 Å². The molecule has 1 N–H and O–H groups in total. The monoisotopic (exact) mass is 320 g/mol. The zero-order valence-corrected chi connectivity index (χ0v) is 13.8. The highest BCUT2D eigenvalue weighted by Gasteiger charge is 2.11. The molecular formula is C20H20N2O2. The average Bonchev–Trinajstić information content (AvgIpc) is 2.94. The number of ether oxygens (including phenoxy) is 1. The van der Waals surface area contributed by atoms with Crippen LogP contribution in [-0.4, -0.2) is 10.5 Å². The van der Waals surface area contributed by atoms with E-state index in [0.717, 1.165) is 22.7 Å². The molecule has 0 atom stereocenters. The lowest BCUT2D eigenvalue weighted by Gasteiger charge is -2.09. The Balaban J connectivity index is 1.60. The molecule has 4 nitrogen and oxygen atoms in total. The largest absolute Gasteiger partial charge is 0.489 e. The van der Waals surface area contributed by atoms with E-state index in [2.05, 4.69) is 5.32 Å². The second-order valence-corrected chi connectivity index (χ2v) is 5.68. The summed E-state index contributed by atoms with van der Waals surface area (Å²) >= 11 is 0. The van der Waals surface area contributed by atoms with Gasteiger partial charge in [-0.05, 0) is 42.8 Å². The van der Waals surface area contributed by atoms with Crippen molar-refractivity contribution in [3.05, 3.63) is 83.7 Å². The first-order valence-corrected chi connectivity index (χ1v) is 7.83. The summed E-state index contributed by atoms with van der Waals surface area (Å²) in [6, 6.07) is 19.2. The van der Waals surface area contributed by atoms with Crippen molar-refractivity contribution in [2.75, 3.05) is 5.32 Å². The van der Waals surface area contributed by atoms with Gasteiger partial charge in [0, 0.05) is 24.6 Å². The van der Waals surface area contributed by atoms with Crippen LogP contribution in [0.2, 0.25) is 0 Å². The van der Waals surface area contributed by atoms with Gasteiger partial charge in [0.15, 0.2) is 0 Å². The number of benzene rings is 2. The average molecular weight is 320 g/mol. The number of amides is 1. The Morgan fingerprint density at radius 1 is 1.04 bits per heavy atom. The molecule has 0 aliphatic carbocycles. The Morgan fingerprint density at radius 3 is 2.38 bits per heavy atom. The molecule has 1 heterocycles. The third-order valence-electron chi connectivity index (χ3n) is 3.99. The van der Waals surface area contributed by atoms with E-state index in [0.29, 0.717) is 12.2 Å². The molecule has 3 rings (SSSR count). The zero-order chi connectivity index (χ0) is 16.9. The SMILES string of the molecule is Cc1c(C(=O)Nc2ccc(OCc3ccccc3)cc2)ccn1C. The molecule has 1 aromatic heterocycles. The Hall–Kier alpha value is -3.01. The minimum absolute atomic E-state index is 0.106. The van der Waals surface area contributed by atoms with Crippen LogP contribution in [0.15, 0.2) is 66.9 Å². The lowest BCUT2D eigenvalue weighted by Crippen LogP contribution is -2.12. The van der Waals surface area contributed by atoms with Gasteiger partial charge in [0.25, 0.3) is 5.91 Å². The van der Waals surface area contributed by atoms with Gasteiger partial charge in [-0.15, -0.1) is 0 Å². The molecule has 1 amide bonds. The maximum absolute atomic E-state index is 12.3. The van der Waals surface area contributed by atoms with E-state index in [4.69, 9.17) is 4.74 Å². The molecule has 0 fully saturated rings. The number of rotatable bonds is 5. The van der Waals surface area contributed by atoms with Crippen LogP contribution in [0.5, 0.6) is 5.75 Å². The maximum Gasteiger partial charge on any atom is 0.257 e. The van der Waals surface area contributed by atoms with Crippen LogP contribution >= 0.6 is 0 Å². The van der Waals surface area contributed by atoms with E-state index < -0.39 is 0 Å². The Kier molecular flexibility index (Phi) is 4.66. The maximum atomic E-state index is 12.3. The first-order chi connectivity index (χ1) is 11.6. The van der Waals surface area contributed by atoms with Gasteiger partial charge >= 0.3 is 0 Å². The van der Waals surface area contributed by atoms with Gasteiger partial charge in [-0.1, -0.05) is 30.3 Å². The fourth-order valence-corrected chi connectivity index (χ4v) is 2.42. The molecule has 0 saturated carbocycles. The van der Waals surface area contributed by atoms with Crippen LogP contribution in [0.25, 0.3) is 0 Å². The quantitative estimate of drug-likeness (QED) is 0.767. The Bertz CT molecular complexity index is 821. The van der Waals surface area contributed by atoms with E-state index in [1.54, 1.807) is 0 Å². The minimum Gasteiger partial charge on any atom is -0.489 e. The highest BCUT2D eigenvalue weighted by molar-refractivity contribution is 6.05. The van der Waals surface area contributed by atoms with Crippen molar-refractivity contribution in [1.82, 2.24) is 4.57 Å². The third kappa shape index (κ3) is 3.66. The number of carbonyl (C=O) groups excluding carboxylic acids is 1. The molecular weight excluding hydrogens is 300 g/mol. The summed E-state index contributed by atoms with van der Waals surface area (Å²) in [5.41, 5.74) is 3.49. The molecule has 3 aromatic rings. The molecule has 2 aromatic carbocycles. The van der Waals surface area contributed by atoms with Crippen LogP contribution in [-0.2, 0) is 13.7 Å². The second-order valence-electron chi connectivity index (χ2n) is 5.68.